The fourth-order valence-corrected chi connectivity index (χ4v) is 10.2. The molecular weight excluding hydrogens is 755 g/mol. The Morgan fingerprint density at radius 1 is 0.323 bits per heavy atom. The third-order valence-corrected chi connectivity index (χ3v) is 13.4. The summed E-state index contributed by atoms with van der Waals surface area (Å²) in [6, 6.07) is 58.4. The van der Waals surface area contributed by atoms with Crippen LogP contribution in [0.1, 0.15) is 49.9 Å². The number of benzene rings is 7. The van der Waals surface area contributed by atoms with Gasteiger partial charge < -0.3 is 0 Å². The maximum Gasteiger partial charge on any atom is 0.164 e. The molecule has 0 bridgehead atoms. The molecule has 0 saturated heterocycles. The molecule has 5 heteroatoms. The lowest BCUT2D eigenvalue weighted by Crippen LogP contribution is -2.14. The van der Waals surface area contributed by atoms with Gasteiger partial charge in [-0.05, 0) is 97.7 Å². The van der Waals surface area contributed by atoms with E-state index in [-0.39, 0.29) is 10.8 Å². The number of rotatable bonds is 5. The van der Waals surface area contributed by atoms with Gasteiger partial charge in [0.25, 0.3) is 0 Å². The first-order valence-electron chi connectivity index (χ1n) is 21.3. The molecular formula is C57H41N5. The molecule has 0 atom stereocenters. The third-order valence-electron chi connectivity index (χ3n) is 13.4. The van der Waals surface area contributed by atoms with Gasteiger partial charge in [0.05, 0.1) is 11.4 Å². The van der Waals surface area contributed by atoms with E-state index >= 15 is 0 Å². The van der Waals surface area contributed by atoms with Gasteiger partial charge in [-0.1, -0.05) is 149 Å². The molecule has 294 valence electrons. The van der Waals surface area contributed by atoms with Gasteiger partial charge in [-0.3, -0.25) is 9.97 Å². The molecule has 0 fully saturated rings. The summed E-state index contributed by atoms with van der Waals surface area (Å²) in [5, 5.41) is 4.40. The van der Waals surface area contributed by atoms with Crippen LogP contribution in [0.25, 0.3) is 100 Å². The third kappa shape index (κ3) is 5.51. The minimum Gasteiger partial charge on any atom is -0.256 e. The second-order valence-corrected chi connectivity index (χ2v) is 17.7. The van der Waals surface area contributed by atoms with Gasteiger partial charge >= 0.3 is 0 Å². The van der Waals surface area contributed by atoms with Gasteiger partial charge in [0.1, 0.15) is 0 Å². The van der Waals surface area contributed by atoms with Gasteiger partial charge in [0.2, 0.25) is 0 Å². The minimum absolute atomic E-state index is 0.115. The van der Waals surface area contributed by atoms with E-state index in [1.807, 2.05) is 12.4 Å². The van der Waals surface area contributed by atoms with Crippen molar-refractivity contribution < 1.29 is 0 Å². The van der Waals surface area contributed by atoms with Crippen LogP contribution in [0, 0.1) is 0 Å². The molecule has 0 spiro atoms. The van der Waals surface area contributed by atoms with Crippen LogP contribution in [0.4, 0.5) is 0 Å². The van der Waals surface area contributed by atoms with E-state index in [2.05, 4.69) is 191 Å². The van der Waals surface area contributed by atoms with Gasteiger partial charge in [-0.25, -0.2) is 15.0 Å². The van der Waals surface area contributed by atoms with Crippen molar-refractivity contribution in [1.82, 2.24) is 24.9 Å². The van der Waals surface area contributed by atoms with Crippen LogP contribution < -0.4 is 0 Å². The molecule has 62 heavy (non-hydrogen) atoms. The van der Waals surface area contributed by atoms with Crippen molar-refractivity contribution in [3.63, 3.8) is 0 Å². The molecule has 3 aromatic heterocycles. The van der Waals surface area contributed by atoms with E-state index in [0.717, 1.165) is 60.8 Å². The lowest BCUT2D eigenvalue weighted by molar-refractivity contribution is 0.660. The number of nitrogens with zero attached hydrogens (tertiary/aromatic N) is 5. The molecule has 5 nitrogen and oxygen atoms in total. The van der Waals surface area contributed by atoms with Crippen LogP contribution in [-0.4, -0.2) is 24.9 Å². The molecule has 12 rings (SSSR count). The highest BCUT2D eigenvalue weighted by Gasteiger charge is 2.37. The Hall–Kier alpha value is -7.63. The van der Waals surface area contributed by atoms with E-state index in [1.54, 1.807) is 0 Å². The highest BCUT2D eigenvalue weighted by Crippen LogP contribution is 2.51. The SMILES string of the molecule is CC1(C)c2ccccc2-c2cc(-c3nc(-c4cc(-c5nccc6ccccc56)cc(-c5nccc6ccccc56)c4)nc(-c4ccc5c(c4)-c4ccccc4C5(C)C)n3)ccc21. The summed E-state index contributed by atoms with van der Waals surface area (Å²) in [6.45, 7) is 9.24. The largest absolute Gasteiger partial charge is 0.256 e. The highest BCUT2D eigenvalue weighted by molar-refractivity contribution is 5.99. The van der Waals surface area contributed by atoms with E-state index in [0.29, 0.717) is 17.5 Å². The zero-order valence-corrected chi connectivity index (χ0v) is 35.0. The van der Waals surface area contributed by atoms with E-state index in [4.69, 9.17) is 24.9 Å². The van der Waals surface area contributed by atoms with Crippen molar-refractivity contribution in [2.24, 2.45) is 0 Å². The van der Waals surface area contributed by atoms with Crippen molar-refractivity contribution in [3.8, 4) is 78.9 Å². The lowest BCUT2D eigenvalue weighted by Gasteiger charge is -2.21. The topological polar surface area (TPSA) is 64.5 Å². The molecule has 10 aromatic rings. The number of pyridine rings is 2. The Morgan fingerprint density at radius 2 is 0.710 bits per heavy atom. The Balaban J connectivity index is 1.11. The molecule has 7 aromatic carbocycles. The number of hydrogen-bond donors (Lipinski definition) is 0. The van der Waals surface area contributed by atoms with Crippen molar-refractivity contribution >= 4 is 21.5 Å². The second-order valence-electron chi connectivity index (χ2n) is 17.7. The highest BCUT2D eigenvalue weighted by atomic mass is 15.0. The molecule has 0 aliphatic heterocycles. The van der Waals surface area contributed by atoms with Crippen molar-refractivity contribution in [2.45, 2.75) is 38.5 Å². The second kappa shape index (κ2) is 13.4. The predicted molar refractivity (Wildman–Crippen MR) is 253 cm³/mol. The van der Waals surface area contributed by atoms with E-state index < -0.39 is 0 Å². The first kappa shape index (κ1) is 36.2. The van der Waals surface area contributed by atoms with Crippen LogP contribution in [0.5, 0.6) is 0 Å². The van der Waals surface area contributed by atoms with Crippen molar-refractivity contribution in [1.29, 1.82) is 0 Å². The molecule has 0 unspecified atom stereocenters. The van der Waals surface area contributed by atoms with Crippen LogP contribution in [0.2, 0.25) is 0 Å². The van der Waals surface area contributed by atoms with Gasteiger partial charge in [0.15, 0.2) is 17.5 Å². The molecule has 3 heterocycles. The van der Waals surface area contributed by atoms with E-state index in [1.165, 1.54) is 44.5 Å². The average molecular weight is 796 g/mol. The minimum atomic E-state index is -0.115. The Morgan fingerprint density at radius 3 is 1.19 bits per heavy atom. The summed E-state index contributed by atoms with van der Waals surface area (Å²) >= 11 is 0. The maximum absolute atomic E-state index is 5.38. The first-order chi connectivity index (χ1) is 30.2. The summed E-state index contributed by atoms with van der Waals surface area (Å²) in [7, 11) is 0. The summed E-state index contributed by atoms with van der Waals surface area (Å²) in [5.41, 5.74) is 16.4. The molecule has 0 amide bonds. The maximum atomic E-state index is 5.38. The lowest BCUT2D eigenvalue weighted by atomic mass is 9.82. The Labute approximate surface area is 360 Å². The zero-order valence-electron chi connectivity index (χ0n) is 35.0. The number of aromatic nitrogens is 5. The van der Waals surface area contributed by atoms with E-state index in [9.17, 15) is 0 Å². The van der Waals surface area contributed by atoms with Crippen LogP contribution in [-0.2, 0) is 10.8 Å². The molecule has 0 radical (unpaired) electrons. The molecule has 2 aliphatic rings. The predicted octanol–water partition coefficient (Wildman–Crippen LogP) is 13.9. The number of fused-ring (bicyclic) bond motifs is 8. The van der Waals surface area contributed by atoms with Gasteiger partial charge in [0, 0.05) is 61.8 Å². The van der Waals surface area contributed by atoms with Gasteiger partial charge in [-0.15, -0.1) is 0 Å². The first-order valence-corrected chi connectivity index (χ1v) is 21.3. The standard InChI is InChI=1S/C57H41N5/c1-56(2)47-19-11-9-17-43(47)45-32-36(21-23-49(45)56)53-60-54(37-22-24-50-46(33-37)44-18-10-12-20-48(44)57(50,3)4)62-55(61-53)40-30-38(51-41-15-7-5-13-34(41)25-27-58-51)29-39(31-40)52-42-16-8-6-14-35(42)26-28-59-52/h5-33H,1-4H3. The molecule has 2 aliphatic carbocycles. The van der Waals surface area contributed by atoms with Crippen LogP contribution in [0.15, 0.2) is 176 Å². The summed E-state index contributed by atoms with van der Waals surface area (Å²) in [5.74, 6) is 1.82. The summed E-state index contributed by atoms with van der Waals surface area (Å²) in [6.07, 6.45) is 3.78. The fraction of sp³-hybridized carbons (Fsp3) is 0.105. The molecule has 0 saturated carbocycles. The zero-order chi connectivity index (χ0) is 41.7. The average Bonchev–Trinajstić information content (AvgIpc) is 3.69. The smallest absolute Gasteiger partial charge is 0.164 e. The monoisotopic (exact) mass is 795 g/mol. The molecule has 0 N–H and O–H groups in total. The quantitative estimate of drug-likeness (QED) is 0.174. The summed E-state index contributed by atoms with van der Waals surface area (Å²) < 4.78 is 0. The van der Waals surface area contributed by atoms with Crippen LogP contribution >= 0.6 is 0 Å². The fourth-order valence-electron chi connectivity index (χ4n) is 10.2. The summed E-state index contributed by atoms with van der Waals surface area (Å²) in [4.78, 5) is 26.1. The van der Waals surface area contributed by atoms with Crippen molar-refractivity contribution in [2.75, 3.05) is 0 Å². The van der Waals surface area contributed by atoms with Crippen LogP contribution in [0.3, 0.4) is 0 Å². The van der Waals surface area contributed by atoms with Crippen molar-refractivity contribution in [3.05, 3.63) is 198 Å². The number of hydrogen-bond acceptors (Lipinski definition) is 5. The van der Waals surface area contributed by atoms with Gasteiger partial charge in [-0.2, -0.15) is 0 Å². The normalized spacial score (nSPS) is 14.1. The Bertz CT molecular complexity index is 3260. The Kier molecular flexibility index (Phi) is 7.85.